The van der Waals surface area contributed by atoms with E-state index in [9.17, 15) is 19.5 Å². The van der Waals surface area contributed by atoms with E-state index < -0.39 is 35.1 Å². The van der Waals surface area contributed by atoms with Gasteiger partial charge in [-0.25, -0.2) is 0 Å². The summed E-state index contributed by atoms with van der Waals surface area (Å²) in [5.41, 5.74) is 1.32. The Bertz CT molecular complexity index is 1540. The number of nitrogens with zero attached hydrogens (tertiary/aromatic N) is 3. The number of rotatable bonds is 8. The summed E-state index contributed by atoms with van der Waals surface area (Å²) in [6, 6.07) is 14.2. The van der Waals surface area contributed by atoms with Gasteiger partial charge in [0.25, 0.3) is 5.91 Å². The summed E-state index contributed by atoms with van der Waals surface area (Å²) in [5.74, 6) is -2.29. The largest absolute Gasteiger partial charge is 0.394 e. The third-order valence-corrected chi connectivity index (χ3v) is 10.2. The zero-order chi connectivity index (χ0) is 32.1. The lowest BCUT2D eigenvalue weighted by molar-refractivity contribution is -0.153. The van der Waals surface area contributed by atoms with Crippen molar-refractivity contribution in [1.82, 2.24) is 9.80 Å². The van der Waals surface area contributed by atoms with Gasteiger partial charge in [0.1, 0.15) is 11.6 Å². The number of aliphatic hydroxyl groups excluding tert-OH is 1. The molecule has 0 radical (unpaired) electrons. The van der Waals surface area contributed by atoms with Gasteiger partial charge in [0.15, 0.2) is 0 Å². The topological polar surface area (TPSA) is 90.4 Å². The maximum Gasteiger partial charge on any atom is 0.253 e. The number of amides is 3. The fourth-order valence-corrected chi connectivity index (χ4v) is 8.14. The first-order valence-electron chi connectivity index (χ1n) is 16.3. The molecule has 2 fully saturated rings. The second-order valence-corrected chi connectivity index (χ2v) is 13.6. The summed E-state index contributed by atoms with van der Waals surface area (Å²) in [5, 5.41) is 10.7. The van der Waals surface area contributed by atoms with E-state index in [1.54, 1.807) is 14.7 Å². The van der Waals surface area contributed by atoms with E-state index in [4.69, 9.17) is 4.74 Å². The van der Waals surface area contributed by atoms with Gasteiger partial charge in [-0.05, 0) is 55.4 Å². The number of anilines is 1. The van der Waals surface area contributed by atoms with Gasteiger partial charge in [0.05, 0.1) is 30.1 Å². The van der Waals surface area contributed by atoms with Crippen molar-refractivity contribution in [1.29, 1.82) is 0 Å². The Morgan fingerprint density at radius 3 is 2.36 bits per heavy atom. The molecule has 6 rings (SSSR count). The average Bonchev–Trinajstić information content (AvgIpc) is 3.32. The zero-order valence-electron chi connectivity index (χ0n) is 27.0. The highest BCUT2D eigenvalue weighted by Crippen LogP contribution is 2.59. The van der Waals surface area contributed by atoms with Crippen molar-refractivity contribution in [3.05, 3.63) is 89.5 Å². The smallest absolute Gasteiger partial charge is 0.253 e. The minimum atomic E-state index is -1.37. The van der Waals surface area contributed by atoms with Crippen LogP contribution >= 0.6 is 0 Å². The van der Waals surface area contributed by atoms with E-state index in [1.165, 1.54) is 0 Å². The maximum atomic E-state index is 15.0. The number of hydrogen-bond donors (Lipinski definition) is 1. The van der Waals surface area contributed by atoms with E-state index in [1.807, 2.05) is 107 Å². The molecule has 1 spiro atoms. The summed E-state index contributed by atoms with van der Waals surface area (Å²) < 4.78 is 7.14. The molecular weight excluding hydrogens is 566 g/mol. The molecule has 4 heterocycles. The number of carbonyl (C=O) groups is 3. The third-order valence-electron chi connectivity index (χ3n) is 10.2. The third kappa shape index (κ3) is 5.03. The molecule has 4 aliphatic rings. The van der Waals surface area contributed by atoms with Gasteiger partial charge < -0.3 is 24.5 Å². The summed E-state index contributed by atoms with van der Waals surface area (Å²) in [7, 11) is 0. The molecule has 2 aromatic carbocycles. The predicted molar refractivity (Wildman–Crippen MR) is 173 cm³/mol. The van der Waals surface area contributed by atoms with Crippen LogP contribution in [0, 0.1) is 31.6 Å². The van der Waals surface area contributed by atoms with E-state index in [-0.39, 0.29) is 30.2 Å². The van der Waals surface area contributed by atoms with E-state index >= 15 is 0 Å². The lowest BCUT2D eigenvalue weighted by atomic mass is 9.73. The molecule has 238 valence electrons. The highest BCUT2D eigenvalue weighted by Gasteiger charge is 2.76. The minimum absolute atomic E-state index is 0.151. The Balaban J connectivity index is 1.50. The molecule has 2 saturated heterocycles. The Kier molecular flexibility index (Phi) is 8.25. The van der Waals surface area contributed by atoms with Crippen molar-refractivity contribution in [3.63, 3.8) is 0 Å². The number of carbonyl (C=O) groups excluding carboxylic acids is 3. The average molecular weight is 612 g/mol. The lowest BCUT2D eigenvalue weighted by Gasteiger charge is -2.41. The number of hydrogen-bond acceptors (Lipinski definition) is 5. The van der Waals surface area contributed by atoms with Crippen molar-refractivity contribution in [2.45, 2.75) is 77.3 Å². The number of likely N-dealkylation sites (tertiary alicyclic amines) is 1. The SMILES string of the molecule is CC[C@@]12C=CCN(Cc3ccccc3)C(=O)[C@@H]1[C@H]1C(=O)N([C@@H](CO)CC(C)C)C3C(=O)N(c4cc(C)ccc4C)CC=C[C@@]31O2. The Labute approximate surface area is 266 Å². The van der Waals surface area contributed by atoms with Crippen LogP contribution in [0.2, 0.25) is 0 Å². The van der Waals surface area contributed by atoms with Gasteiger partial charge >= 0.3 is 0 Å². The van der Waals surface area contributed by atoms with Gasteiger partial charge in [0.2, 0.25) is 11.8 Å². The molecule has 0 saturated carbocycles. The van der Waals surface area contributed by atoms with Crippen LogP contribution in [0.5, 0.6) is 0 Å². The molecule has 1 N–H and O–H groups in total. The zero-order valence-corrected chi connectivity index (χ0v) is 27.0. The molecule has 6 atom stereocenters. The standard InChI is InChI=1S/C37H45N3O5/c1-6-36-16-10-18-38(22-27-12-8-7-9-13-27)33(42)30(36)31-34(43)40(28(23-41)20-24(2)3)32-35(44)39(19-11-17-37(31,32)45-36)29-21-25(4)14-15-26(29)5/h7-17,21,24,28,30-32,41H,6,18-20,22-23H2,1-5H3/t28-,30+,31+,32?,36-,37+/m1/s1. The van der Waals surface area contributed by atoms with Crippen LogP contribution < -0.4 is 4.90 Å². The number of ether oxygens (including phenoxy) is 1. The highest BCUT2D eigenvalue weighted by molar-refractivity contribution is 6.06. The van der Waals surface area contributed by atoms with Crippen LogP contribution in [-0.4, -0.2) is 75.6 Å². The summed E-state index contributed by atoms with van der Waals surface area (Å²) in [6.07, 6.45) is 8.73. The van der Waals surface area contributed by atoms with Crippen LogP contribution in [0.4, 0.5) is 5.69 Å². The van der Waals surface area contributed by atoms with Crippen molar-refractivity contribution < 1.29 is 24.2 Å². The summed E-state index contributed by atoms with van der Waals surface area (Å²) in [6.45, 7) is 10.8. The molecule has 3 amide bonds. The van der Waals surface area contributed by atoms with Crippen molar-refractivity contribution in [2.24, 2.45) is 17.8 Å². The van der Waals surface area contributed by atoms with Gasteiger partial charge in [-0.2, -0.15) is 0 Å². The fourth-order valence-electron chi connectivity index (χ4n) is 8.14. The summed E-state index contributed by atoms with van der Waals surface area (Å²) >= 11 is 0. The van der Waals surface area contributed by atoms with Gasteiger partial charge in [0, 0.05) is 25.3 Å². The minimum Gasteiger partial charge on any atom is -0.394 e. The van der Waals surface area contributed by atoms with Crippen LogP contribution in [0.1, 0.15) is 50.3 Å². The van der Waals surface area contributed by atoms with Crippen LogP contribution in [0.15, 0.2) is 72.8 Å². The predicted octanol–water partition coefficient (Wildman–Crippen LogP) is 4.57. The van der Waals surface area contributed by atoms with Gasteiger partial charge in [-0.1, -0.05) is 87.5 Å². The number of aryl methyl sites for hydroxylation is 2. The van der Waals surface area contributed by atoms with Crippen LogP contribution in [0.25, 0.3) is 0 Å². The molecule has 2 aromatic rings. The van der Waals surface area contributed by atoms with Crippen LogP contribution in [0.3, 0.4) is 0 Å². The molecule has 45 heavy (non-hydrogen) atoms. The van der Waals surface area contributed by atoms with Crippen molar-refractivity contribution in [2.75, 3.05) is 24.6 Å². The molecule has 8 nitrogen and oxygen atoms in total. The second kappa shape index (κ2) is 11.9. The molecule has 4 aliphatic heterocycles. The number of fused-ring (bicyclic) bond motifs is 2. The first-order valence-corrected chi connectivity index (χ1v) is 16.3. The second-order valence-electron chi connectivity index (χ2n) is 13.6. The Morgan fingerprint density at radius 1 is 0.933 bits per heavy atom. The fraction of sp³-hybridized carbons (Fsp3) is 0.486. The first kappa shape index (κ1) is 31.2. The summed E-state index contributed by atoms with van der Waals surface area (Å²) in [4.78, 5) is 49.7. The molecule has 0 bridgehead atoms. The monoisotopic (exact) mass is 611 g/mol. The molecule has 0 aromatic heterocycles. The molecule has 8 heteroatoms. The van der Waals surface area contributed by atoms with E-state index in [2.05, 4.69) is 0 Å². The lowest BCUT2D eigenvalue weighted by Crippen LogP contribution is -2.59. The van der Waals surface area contributed by atoms with Gasteiger partial charge in [-0.15, -0.1) is 0 Å². The van der Waals surface area contributed by atoms with Crippen LogP contribution in [-0.2, 0) is 25.7 Å². The molecule has 0 aliphatic carbocycles. The van der Waals surface area contributed by atoms with E-state index in [0.29, 0.717) is 32.5 Å². The normalized spacial score (nSPS) is 30.0. The van der Waals surface area contributed by atoms with Gasteiger partial charge in [-0.3, -0.25) is 14.4 Å². The van der Waals surface area contributed by atoms with E-state index in [0.717, 1.165) is 22.4 Å². The quantitative estimate of drug-likeness (QED) is 0.442. The Morgan fingerprint density at radius 2 is 1.67 bits per heavy atom. The highest BCUT2D eigenvalue weighted by atomic mass is 16.5. The van der Waals surface area contributed by atoms with Crippen molar-refractivity contribution >= 4 is 23.4 Å². The molecular formula is C37H45N3O5. The number of aliphatic hydroxyl groups is 1. The maximum absolute atomic E-state index is 15.0. The number of benzene rings is 2. The Hall–Kier alpha value is -3.75. The molecule has 1 unspecified atom stereocenters. The first-order chi connectivity index (χ1) is 21.6. The van der Waals surface area contributed by atoms with Crippen molar-refractivity contribution in [3.8, 4) is 0 Å².